The first kappa shape index (κ1) is 13.0. The highest BCUT2D eigenvalue weighted by Crippen LogP contribution is 2.14. The third-order valence-corrected chi connectivity index (χ3v) is 3.15. The summed E-state index contributed by atoms with van der Waals surface area (Å²) >= 11 is 3.41. The molecule has 2 rings (SSSR count). The highest BCUT2D eigenvalue weighted by atomic mass is 79.9. The molecule has 0 saturated heterocycles. The fourth-order valence-electron chi connectivity index (χ4n) is 1.79. The molecule has 1 aromatic carbocycles. The van der Waals surface area contributed by atoms with Crippen LogP contribution in [0, 0.1) is 0 Å². The van der Waals surface area contributed by atoms with Gasteiger partial charge in [0.25, 0.3) is 0 Å². The topological polar surface area (TPSA) is 34.9 Å². The van der Waals surface area contributed by atoms with Crippen molar-refractivity contribution in [3.05, 3.63) is 52.3 Å². The molecule has 0 aliphatic heterocycles. The fourth-order valence-corrected chi connectivity index (χ4v) is 2.24. The third-order valence-electron chi connectivity index (χ3n) is 2.66. The number of aromatic nitrogens is 2. The minimum atomic E-state index is 0.107. The molecule has 0 atom stereocenters. The third kappa shape index (κ3) is 3.29. The molecule has 18 heavy (non-hydrogen) atoms. The van der Waals surface area contributed by atoms with E-state index >= 15 is 0 Å². The van der Waals surface area contributed by atoms with E-state index in [9.17, 15) is 4.79 Å². The summed E-state index contributed by atoms with van der Waals surface area (Å²) in [5.74, 6) is 0.107. The maximum Gasteiger partial charge on any atom is 0.170 e. The molecule has 0 amide bonds. The molecule has 2 aromatic rings. The van der Waals surface area contributed by atoms with Gasteiger partial charge in [0.1, 0.15) is 0 Å². The second-order valence-corrected chi connectivity index (χ2v) is 5.14. The Kier molecular flexibility index (Phi) is 4.31. The zero-order valence-corrected chi connectivity index (χ0v) is 11.9. The maximum atomic E-state index is 12.1. The Morgan fingerprint density at radius 2 is 2.28 bits per heavy atom. The van der Waals surface area contributed by atoms with Crippen molar-refractivity contribution < 1.29 is 4.79 Å². The van der Waals surface area contributed by atoms with E-state index in [0.29, 0.717) is 12.0 Å². The van der Waals surface area contributed by atoms with Gasteiger partial charge in [-0.15, -0.1) is 0 Å². The molecule has 0 spiro atoms. The van der Waals surface area contributed by atoms with Crippen molar-refractivity contribution >= 4 is 21.7 Å². The summed E-state index contributed by atoms with van der Waals surface area (Å²) in [6, 6.07) is 7.81. The van der Waals surface area contributed by atoms with E-state index in [1.54, 1.807) is 6.20 Å². The summed E-state index contributed by atoms with van der Waals surface area (Å²) in [7, 11) is 0. The number of rotatable bonds is 5. The standard InChI is InChI=1S/C14H15BrN2O/c1-2-6-17-10-12(9-16-17)14(18)8-11-4-3-5-13(15)7-11/h3-5,7,9-10H,2,6,8H2,1H3. The molecule has 0 fully saturated rings. The second-order valence-electron chi connectivity index (χ2n) is 4.22. The number of halogens is 1. The number of benzene rings is 1. The van der Waals surface area contributed by atoms with Gasteiger partial charge in [-0.25, -0.2) is 0 Å². The summed E-state index contributed by atoms with van der Waals surface area (Å²) in [6.45, 7) is 2.94. The molecule has 0 bridgehead atoms. The van der Waals surface area contributed by atoms with Crippen LogP contribution in [0.4, 0.5) is 0 Å². The van der Waals surface area contributed by atoms with Gasteiger partial charge in [-0.05, 0) is 24.1 Å². The summed E-state index contributed by atoms with van der Waals surface area (Å²) in [6.07, 6.45) is 4.90. The molecule has 1 heterocycles. The zero-order chi connectivity index (χ0) is 13.0. The minimum Gasteiger partial charge on any atom is -0.294 e. The highest BCUT2D eigenvalue weighted by Gasteiger charge is 2.09. The van der Waals surface area contributed by atoms with Crippen LogP contribution >= 0.6 is 15.9 Å². The van der Waals surface area contributed by atoms with Crippen molar-refractivity contribution in [2.24, 2.45) is 0 Å². The van der Waals surface area contributed by atoms with E-state index in [4.69, 9.17) is 0 Å². The largest absolute Gasteiger partial charge is 0.294 e. The van der Waals surface area contributed by atoms with Gasteiger partial charge in [-0.2, -0.15) is 5.10 Å². The Labute approximate surface area is 115 Å². The lowest BCUT2D eigenvalue weighted by Crippen LogP contribution is -2.02. The van der Waals surface area contributed by atoms with Crippen LogP contribution in [-0.4, -0.2) is 15.6 Å². The molecular weight excluding hydrogens is 292 g/mol. The summed E-state index contributed by atoms with van der Waals surface area (Å²) in [5.41, 5.74) is 1.70. The number of hydrogen-bond acceptors (Lipinski definition) is 2. The Morgan fingerprint density at radius 1 is 1.44 bits per heavy atom. The predicted octanol–water partition coefficient (Wildman–Crippen LogP) is 3.48. The molecular formula is C14H15BrN2O. The van der Waals surface area contributed by atoms with Crippen LogP contribution in [0.2, 0.25) is 0 Å². The van der Waals surface area contributed by atoms with Crippen molar-refractivity contribution in [2.45, 2.75) is 26.3 Å². The minimum absolute atomic E-state index is 0.107. The van der Waals surface area contributed by atoms with E-state index in [1.807, 2.05) is 35.1 Å². The number of hydrogen-bond donors (Lipinski definition) is 0. The number of aryl methyl sites for hydroxylation is 1. The van der Waals surface area contributed by atoms with Crippen molar-refractivity contribution in [1.29, 1.82) is 0 Å². The van der Waals surface area contributed by atoms with Gasteiger partial charge in [0.05, 0.1) is 11.8 Å². The average Bonchev–Trinajstić information content (AvgIpc) is 2.78. The molecule has 0 saturated carbocycles. The van der Waals surface area contributed by atoms with Crippen LogP contribution in [0.25, 0.3) is 0 Å². The number of carbonyl (C=O) groups is 1. The van der Waals surface area contributed by atoms with Crippen molar-refractivity contribution in [2.75, 3.05) is 0 Å². The van der Waals surface area contributed by atoms with Gasteiger partial charge >= 0.3 is 0 Å². The fraction of sp³-hybridized carbons (Fsp3) is 0.286. The van der Waals surface area contributed by atoms with Crippen LogP contribution in [-0.2, 0) is 13.0 Å². The SMILES string of the molecule is CCCn1cc(C(=O)Cc2cccc(Br)c2)cn1. The lowest BCUT2D eigenvalue weighted by atomic mass is 10.1. The van der Waals surface area contributed by atoms with Crippen LogP contribution < -0.4 is 0 Å². The normalized spacial score (nSPS) is 10.6. The van der Waals surface area contributed by atoms with Gasteiger partial charge in [-0.1, -0.05) is 35.0 Å². The quantitative estimate of drug-likeness (QED) is 0.793. The molecule has 4 heteroatoms. The molecule has 0 unspecified atom stereocenters. The van der Waals surface area contributed by atoms with Crippen molar-refractivity contribution in [1.82, 2.24) is 9.78 Å². The number of Topliss-reactive ketones (excluding diaryl/α,β-unsaturated/α-hetero) is 1. The second kappa shape index (κ2) is 5.96. The Hall–Kier alpha value is -1.42. The zero-order valence-electron chi connectivity index (χ0n) is 10.3. The van der Waals surface area contributed by atoms with Crippen molar-refractivity contribution in [3.8, 4) is 0 Å². The van der Waals surface area contributed by atoms with E-state index < -0.39 is 0 Å². The average molecular weight is 307 g/mol. The van der Waals surface area contributed by atoms with Gasteiger partial charge in [0, 0.05) is 23.6 Å². The van der Waals surface area contributed by atoms with E-state index in [1.165, 1.54) is 0 Å². The van der Waals surface area contributed by atoms with Gasteiger partial charge in [0.15, 0.2) is 5.78 Å². The Bertz CT molecular complexity index is 548. The highest BCUT2D eigenvalue weighted by molar-refractivity contribution is 9.10. The van der Waals surface area contributed by atoms with Crippen LogP contribution in [0.15, 0.2) is 41.1 Å². The number of nitrogens with zero attached hydrogens (tertiary/aromatic N) is 2. The first-order chi connectivity index (χ1) is 8.69. The number of ketones is 1. The lowest BCUT2D eigenvalue weighted by molar-refractivity contribution is 0.0993. The summed E-state index contributed by atoms with van der Waals surface area (Å²) < 4.78 is 2.81. The monoisotopic (exact) mass is 306 g/mol. The van der Waals surface area contributed by atoms with Gasteiger partial charge in [-0.3, -0.25) is 9.48 Å². The smallest absolute Gasteiger partial charge is 0.170 e. The molecule has 0 aliphatic carbocycles. The number of carbonyl (C=O) groups excluding carboxylic acids is 1. The molecule has 94 valence electrons. The Morgan fingerprint density at radius 3 is 3.00 bits per heavy atom. The van der Waals surface area contributed by atoms with Crippen LogP contribution in [0.5, 0.6) is 0 Å². The van der Waals surface area contributed by atoms with Gasteiger partial charge in [0.2, 0.25) is 0 Å². The first-order valence-electron chi connectivity index (χ1n) is 5.99. The summed E-state index contributed by atoms with van der Waals surface area (Å²) in [5, 5.41) is 4.17. The Balaban J connectivity index is 2.07. The predicted molar refractivity (Wildman–Crippen MR) is 74.7 cm³/mol. The molecule has 0 N–H and O–H groups in total. The van der Waals surface area contributed by atoms with Crippen LogP contribution in [0.3, 0.4) is 0 Å². The molecule has 0 aliphatic rings. The van der Waals surface area contributed by atoms with Crippen molar-refractivity contribution in [3.63, 3.8) is 0 Å². The van der Waals surface area contributed by atoms with E-state index in [0.717, 1.165) is 23.0 Å². The van der Waals surface area contributed by atoms with E-state index in [2.05, 4.69) is 28.0 Å². The first-order valence-corrected chi connectivity index (χ1v) is 6.78. The summed E-state index contributed by atoms with van der Waals surface area (Å²) in [4.78, 5) is 12.1. The van der Waals surface area contributed by atoms with E-state index in [-0.39, 0.29) is 5.78 Å². The van der Waals surface area contributed by atoms with Crippen LogP contribution in [0.1, 0.15) is 29.3 Å². The molecule has 1 aromatic heterocycles. The molecule has 3 nitrogen and oxygen atoms in total. The lowest BCUT2D eigenvalue weighted by Gasteiger charge is -2.00. The molecule has 0 radical (unpaired) electrons. The van der Waals surface area contributed by atoms with Gasteiger partial charge < -0.3 is 0 Å². The maximum absolute atomic E-state index is 12.1.